The van der Waals surface area contributed by atoms with Crippen molar-refractivity contribution >= 4 is 50.6 Å². The summed E-state index contributed by atoms with van der Waals surface area (Å²) in [6.07, 6.45) is -0.500. The third kappa shape index (κ3) is 6.27. The maximum Gasteiger partial charge on any atom is 0.181 e. The zero-order valence-corrected chi connectivity index (χ0v) is 32.1. The molecule has 5 N–H and O–H groups in total. The third-order valence-corrected chi connectivity index (χ3v) is 16.1. The SMILES string of the molecule is NC(NC(c1ccccc1)[C@H](N)c1ccccc1)c1cccc([Si](c2ccccc2)(c2ccccc2)c2cccc3c4ccccc4n(-c4ccccc4)c23)c1. The second-order valence-corrected chi connectivity index (χ2v) is 18.2. The number of aromatic nitrogens is 1. The smallest absolute Gasteiger partial charge is 0.181 e. The molecule has 0 saturated heterocycles. The predicted octanol–water partition coefficient (Wildman–Crippen LogP) is 8.15. The molecule has 0 aliphatic carbocycles. The van der Waals surface area contributed by atoms with Crippen LogP contribution in [0.2, 0.25) is 0 Å². The number of nitrogens with two attached hydrogens (primary N) is 2. The van der Waals surface area contributed by atoms with E-state index in [-0.39, 0.29) is 12.1 Å². The van der Waals surface area contributed by atoms with E-state index in [0.29, 0.717) is 0 Å². The van der Waals surface area contributed by atoms with Gasteiger partial charge in [0.2, 0.25) is 0 Å². The minimum atomic E-state index is -3.08. The van der Waals surface area contributed by atoms with Crippen molar-refractivity contribution in [1.29, 1.82) is 0 Å². The van der Waals surface area contributed by atoms with Crippen LogP contribution in [0.15, 0.2) is 218 Å². The summed E-state index contributed by atoms with van der Waals surface area (Å²) in [6, 6.07) is 77.8. The van der Waals surface area contributed by atoms with Crippen molar-refractivity contribution in [2.24, 2.45) is 11.5 Å². The molecular weight excluding hydrogens is 697 g/mol. The van der Waals surface area contributed by atoms with Gasteiger partial charge in [-0.2, -0.15) is 0 Å². The Balaban J connectivity index is 1.28. The lowest BCUT2D eigenvalue weighted by atomic mass is 9.93. The summed E-state index contributed by atoms with van der Waals surface area (Å²) >= 11 is 0. The van der Waals surface area contributed by atoms with Crippen molar-refractivity contribution in [3.8, 4) is 5.69 Å². The van der Waals surface area contributed by atoms with Gasteiger partial charge >= 0.3 is 0 Å². The first-order valence-corrected chi connectivity index (χ1v) is 21.3. The van der Waals surface area contributed by atoms with E-state index in [9.17, 15) is 0 Å². The number of benzene rings is 8. The van der Waals surface area contributed by atoms with Crippen LogP contribution in [-0.4, -0.2) is 12.6 Å². The Bertz CT molecular complexity index is 2660. The van der Waals surface area contributed by atoms with E-state index in [1.165, 1.54) is 42.6 Å². The van der Waals surface area contributed by atoms with Crippen LogP contribution in [0.25, 0.3) is 27.5 Å². The molecule has 56 heavy (non-hydrogen) atoms. The molecule has 0 radical (unpaired) electrons. The second-order valence-electron chi connectivity index (χ2n) is 14.5. The molecule has 4 nitrogen and oxygen atoms in total. The largest absolute Gasteiger partial charge is 0.322 e. The van der Waals surface area contributed by atoms with Gasteiger partial charge in [-0.3, -0.25) is 5.32 Å². The van der Waals surface area contributed by atoms with E-state index >= 15 is 0 Å². The van der Waals surface area contributed by atoms with Crippen LogP contribution in [0.3, 0.4) is 0 Å². The maximum absolute atomic E-state index is 7.26. The molecule has 0 amide bonds. The number of fused-ring (bicyclic) bond motifs is 3. The molecular formula is C51H44N4Si. The molecule has 0 fully saturated rings. The van der Waals surface area contributed by atoms with Gasteiger partial charge in [0, 0.05) is 22.5 Å². The fourth-order valence-corrected chi connectivity index (χ4v) is 13.7. The van der Waals surface area contributed by atoms with Gasteiger partial charge in [-0.25, -0.2) is 0 Å². The highest BCUT2D eigenvalue weighted by Gasteiger charge is 2.44. The van der Waals surface area contributed by atoms with Gasteiger partial charge in [0.1, 0.15) is 0 Å². The average Bonchev–Trinajstić information content (AvgIpc) is 3.62. The van der Waals surface area contributed by atoms with Gasteiger partial charge in [0.05, 0.1) is 23.2 Å². The molecule has 0 saturated carbocycles. The molecule has 8 aromatic carbocycles. The highest BCUT2D eigenvalue weighted by molar-refractivity contribution is 7.20. The van der Waals surface area contributed by atoms with Crippen molar-refractivity contribution < 1.29 is 0 Å². The van der Waals surface area contributed by atoms with Crippen LogP contribution in [-0.2, 0) is 0 Å². The summed E-state index contributed by atoms with van der Waals surface area (Å²) in [4.78, 5) is 0. The van der Waals surface area contributed by atoms with Gasteiger partial charge < -0.3 is 16.0 Å². The second kappa shape index (κ2) is 15.4. The molecule has 0 spiro atoms. The number of nitrogens with zero attached hydrogens (tertiary/aromatic N) is 1. The van der Waals surface area contributed by atoms with Gasteiger partial charge in [-0.15, -0.1) is 0 Å². The number of nitrogens with one attached hydrogen (secondary N) is 1. The van der Waals surface area contributed by atoms with E-state index in [1.807, 2.05) is 24.3 Å². The van der Waals surface area contributed by atoms with Gasteiger partial charge in [0.15, 0.2) is 8.07 Å². The van der Waals surface area contributed by atoms with E-state index in [2.05, 4.69) is 204 Å². The Kier molecular flexibility index (Phi) is 9.74. The van der Waals surface area contributed by atoms with Crippen molar-refractivity contribution in [2.45, 2.75) is 18.2 Å². The fourth-order valence-electron chi connectivity index (χ4n) is 8.70. The molecule has 272 valence electrons. The number of rotatable bonds is 11. The molecule has 2 unspecified atom stereocenters. The van der Waals surface area contributed by atoms with E-state index in [4.69, 9.17) is 11.5 Å². The Morgan fingerprint density at radius 2 is 0.911 bits per heavy atom. The highest BCUT2D eigenvalue weighted by Crippen LogP contribution is 2.33. The molecule has 1 aromatic heterocycles. The minimum absolute atomic E-state index is 0.224. The Hall–Kier alpha value is -6.34. The lowest BCUT2D eigenvalue weighted by molar-refractivity contribution is 0.398. The zero-order valence-electron chi connectivity index (χ0n) is 31.1. The maximum atomic E-state index is 7.26. The molecule has 0 aliphatic rings. The van der Waals surface area contributed by atoms with Gasteiger partial charge in [-0.1, -0.05) is 200 Å². The van der Waals surface area contributed by atoms with Crippen LogP contribution in [0.4, 0.5) is 0 Å². The average molecular weight is 741 g/mol. The molecule has 1 heterocycles. The van der Waals surface area contributed by atoms with Gasteiger partial charge in [-0.05, 0) is 55.6 Å². The van der Waals surface area contributed by atoms with Crippen molar-refractivity contribution in [1.82, 2.24) is 9.88 Å². The third-order valence-electron chi connectivity index (χ3n) is 11.3. The summed E-state index contributed by atoms with van der Waals surface area (Å²) in [5, 5.41) is 11.4. The monoisotopic (exact) mass is 740 g/mol. The van der Waals surface area contributed by atoms with Crippen LogP contribution in [0, 0.1) is 0 Å². The summed E-state index contributed by atoms with van der Waals surface area (Å²) in [7, 11) is -3.08. The molecule has 5 heteroatoms. The van der Waals surface area contributed by atoms with Crippen molar-refractivity contribution in [3.63, 3.8) is 0 Å². The van der Waals surface area contributed by atoms with Crippen LogP contribution < -0.4 is 37.5 Å². The summed E-state index contributed by atoms with van der Waals surface area (Å²) in [6.45, 7) is 0. The first kappa shape index (κ1) is 35.4. The lowest BCUT2D eigenvalue weighted by Crippen LogP contribution is -2.75. The van der Waals surface area contributed by atoms with E-state index in [0.717, 1.165) is 22.4 Å². The summed E-state index contributed by atoms with van der Waals surface area (Å²) < 4.78 is 2.47. The lowest BCUT2D eigenvalue weighted by Gasteiger charge is -2.36. The highest BCUT2D eigenvalue weighted by atomic mass is 28.3. The molecule has 3 atom stereocenters. The van der Waals surface area contributed by atoms with Crippen molar-refractivity contribution in [2.75, 3.05) is 0 Å². The van der Waals surface area contributed by atoms with Crippen LogP contribution in [0.1, 0.15) is 34.9 Å². The predicted molar refractivity (Wildman–Crippen MR) is 237 cm³/mol. The molecule has 0 aliphatic heterocycles. The normalized spacial score (nSPS) is 13.4. The van der Waals surface area contributed by atoms with Crippen LogP contribution >= 0.6 is 0 Å². The topological polar surface area (TPSA) is 69.0 Å². The number of para-hydroxylation sites is 3. The molecule has 9 rings (SSSR count). The Labute approximate surface area is 329 Å². The fraction of sp³-hybridized carbons (Fsp3) is 0.0588. The summed E-state index contributed by atoms with van der Waals surface area (Å²) in [5.74, 6) is 0. The Morgan fingerprint density at radius 1 is 0.429 bits per heavy atom. The van der Waals surface area contributed by atoms with Gasteiger partial charge in [0.25, 0.3) is 0 Å². The Morgan fingerprint density at radius 3 is 1.55 bits per heavy atom. The zero-order chi connectivity index (χ0) is 37.9. The van der Waals surface area contributed by atoms with E-state index in [1.54, 1.807) is 0 Å². The quantitative estimate of drug-likeness (QED) is 0.0713. The van der Waals surface area contributed by atoms with E-state index < -0.39 is 14.2 Å². The minimum Gasteiger partial charge on any atom is -0.322 e. The first-order valence-electron chi connectivity index (χ1n) is 19.3. The standard InChI is InChI=1S/C51H44N4Si/c52-48(37-20-6-1-7-21-37)49(38-22-8-2-9-23-38)54-51(53)39-24-18-31-43(36-39)56(41-27-12-4-13-28-41,42-29-14-5-15-30-42)47-35-19-33-45-44-32-16-17-34-46(44)55(50(45)47)40-25-10-3-11-26-40/h1-36,48-49,51,54H,52-53H2/t48-,49?,51?/m1/s1. The van der Waals surface area contributed by atoms with Crippen molar-refractivity contribution in [3.05, 3.63) is 235 Å². The molecule has 9 aromatic rings. The number of hydrogen-bond acceptors (Lipinski definition) is 3. The summed E-state index contributed by atoms with van der Waals surface area (Å²) in [5.41, 5.74) is 21.0. The first-order chi connectivity index (χ1) is 27.6. The molecule has 0 bridgehead atoms. The number of hydrogen-bond donors (Lipinski definition) is 3. The van der Waals surface area contributed by atoms with Crippen LogP contribution in [0.5, 0.6) is 0 Å².